The summed E-state index contributed by atoms with van der Waals surface area (Å²) in [4.78, 5) is 26.3. The molecular weight excluding hydrogens is 242 g/mol. The fraction of sp³-hybridized carbons (Fsp3) is 0.867. The van der Waals surface area contributed by atoms with Crippen molar-refractivity contribution in [3.63, 3.8) is 0 Å². The normalized spacial score (nSPS) is 36.7. The maximum Gasteiger partial charge on any atom is 0.230 e. The third kappa shape index (κ3) is 1.83. The van der Waals surface area contributed by atoms with Crippen LogP contribution in [-0.2, 0) is 9.59 Å². The third-order valence-corrected chi connectivity index (χ3v) is 5.73. The lowest BCUT2D eigenvalue weighted by Gasteiger charge is -2.55. The van der Waals surface area contributed by atoms with Crippen LogP contribution in [0.5, 0.6) is 0 Å². The zero-order chi connectivity index (χ0) is 13.8. The molecule has 0 aromatic carbocycles. The largest absolute Gasteiger partial charge is 0.392 e. The molecule has 19 heavy (non-hydrogen) atoms. The predicted molar refractivity (Wildman–Crippen MR) is 70.2 cm³/mol. The number of carbonyl (C=O) groups excluding carboxylic acids is 2. The summed E-state index contributed by atoms with van der Waals surface area (Å²) in [5, 5.41) is 9.81. The van der Waals surface area contributed by atoms with Crippen LogP contribution < -0.4 is 0 Å². The van der Waals surface area contributed by atoms with Crippen LogP contribution in [0.1, 0.15) is 58.8 Å². The van der Waals surface area contributed by atoms with E-state index in [-0.39, 0.29) is 28.7 Å². The van der Waals surface area contributed by atoms with E-state index in [2.05, 4.69) is 0 Å². The Kier molecular flexibility index (Phi) is 2.79. The Bertz CT molecular complexity index is 403. The zero-order valence-electron chi connectivity index (χ0n) is 11.8. The Morgan fingerprint density at radius 2 is 1.63 bits per heavy atom. The number of aliphatic hydroxyl groups is 1. The SMILES string of the molecule is CC1(C)C(O)CC1N1C(=O)CC2(CCCC2)CC1=O. The standard InChI is InChI=1S/C15H23NO3/c1-14(2)10(7-11(14)17)16-12(18)8-15(9-13(16)19)5-3-4-6-15/h10-11,17H,3-9H2,1-2H3. The van der Waals surface area contributed by atoms with Crippen molar-refractivity contribution in [1.82, 2.24) is 4.90 Å². The van der Waals surface area contributed by atoms with Crippen LogP contribution in [0.3, 0.4) is 0 Å². The number of nitrogens with zero attached hydrogens (tertiary/aromatic N) is 1. The van der Waals surface area contributed by atoms with Crippen molar-refractivity contribution in [2.24, 2.45) is 10.8 Å². The molecule has 1 aliphatic heterocycles. The highest BCUT2D eigenvalue weighted by molar-refractivity contribution is 5.99. The maximum atomic E-state index is 12.4. The minimum absolute atomic E-state index is 0.0110. The molecule has 2 atom stereocenters. The molecule has 3 aliphatic rings. The summed E-state index contributed by atoms with van der Waals surface area (Å²) in [5.41, 5.74) is -0.386. The van der Waals surface area contributed by atoms with Crippen molar-refractivity contribution >= 4 is 11.8 Å². The predicted octanol–water partition coefficient (Wildman–Crippen LogP) is 1.86. The second-order valence-electron chi connectivity index (χ2n) is 7.31. The molecular formula is C15H23NO3. The van der Waals surface area contributed by atoms with Crippen LogP contribution in [0.2, 0.25) is 0 Å². The summed E-state index contributed by atoms with van der Waals surface area (Å²) in [7, 11) is 0. The quantitative estimate of drug-likeness (QED) is 0.736. The Hall–Kier alpha value is -0.900. The molecule has 0 aromatic heterocycles. The number of amides is 2. The minimum Gasteiger partial charge on any atom is -0.392 e. The van der Waals surface area contributed by atoms with E-state index in [4.69, 9.17) is 0 Å². The van der Waals surface area contributed by atoms with Crippen LogP contribution in [-0.4, -0.2) is 34.0 Å². The Morgan fingerprint density at radius 3 is 2.05 bits per heavy atom. The van der Waals surface area contributed by atoms with Crippen molar-refractivity contribution in [3.05, 3.63) is 0 Å². The van der Waals surface area contributed by atoms with Gasteiger partial charge in [-0.05, 0) is 24.7 Å². The topological polar surface area (TPSA) is 57.6 Å². The summed E-state index contributed by atoms with van der Waals surface area (Å²) in [6.07, 6.45) is 5.53. The number of carbonyl (C=O) groups is 2. The molecule has 3 rings (SSSR count). The van der Waals surface area contributed by atoms with Gasteiger partial charge in [0.2, 0.25) is 11.8 Å². The average Bonchev–Trinajstić information content (AvgIpc) is 2.75. The smallest absolute Gasteiger partial charge is 0.230 e. The van der Waals surface area contributed by atoms with Crippen LogP contribution in [0.25, 0.3) is 0 Å². The lowest BCUT2D eigenvalue weighted by Crippen LogP contribution is -2.65. The number of likely N-dealkylation sites (tertiary alicyclic amines) is 1. The van der Waals surface area contributed by atoms with Gasteiger partial charge in [0.25, 0.3) is 0 Å². The van der Waals surface area contributed by atoms with Crippen molar-refractivity contribution in [2.45, 2.75) is 70.9 Å². The highest BCUT2D eigenvalue weighted by atomic mass is 16.3. The lowest BCUT2D eigenvalue weighted by molar-refractivity contribution is -0.176. The Morgan fingerprint density at radius 1 is 1.11 bits per heavy atom. The summed E-state index contributed by atoms with van der Waals surface area (Å²) in [6.45, 7) is 3.87. The van der Waals surface area contributed by atoms with Crippen molar-refractivity contribution in [2.75, 3.05) is 0 Å². The number of hydrogen-bond donors (Lipinski definition) is 1. The van der Waals surface area contributed by atoms with Crippen LogP contribution in [0.15, 0.2) is 0 Å². The number of hydrogen-bond acceptors (Lipinski definition) is 3. The molecule has 2 amide bonds. The Labute approximate surface area is 114 Å². The molecule has 2 saturated carbocycles. The molecule has 2 aliphatic carbocycles. The molecule has 0 radical (unpaired) electrons. The van der Waals surface area contributed by atoms with E-state index in [1.165, 1.54) is 4.90 Å². The monoisotopic (exact) mass is 265 g/mol. The highest BCUT2D eigenvalue weighted by Crippen LogP contribution is 2.50. The molecule has 0 bridgehead atoms. The molecule has 2 unspecified atom stereocenters. The van der Waals surface area contributed by atoms with Crippen LogP contribution >= 0.6 is 0 Å². The molecule has 1 N–H and O–H groups in total. The average molecular weight is 265 g/mol. The molecule has 3 fully saturated rings. The number of aliphatic hydroxyl groups excluding tert-OH is 1. The first-order valence-corrected chi connectivity index (χ1v) is 7.39. The second kappa shape index (κ2) is 4.05. The van der Waals surface area contributed by atoms with E-state index in [1.54, 1.807) is 0 Å². The number of imide groups is 1. The zero-order valence-corrected chi connectivity index (χ0v) is 11.8. The van der Waals surface area contributed by atoms with Crippen LogP contribution in [0, 0.1) is 10.8 Å². The van der Waals surface area contributed by atoms with Gasteiger partial charge in [-0.15, -0.1) is 0 Å². The first kappa shape index (κ1) is 13.1. The highest BCUT2D eigenvalue weighted by Gasteiger charge is 2.56. The summed E-state index contributed by atoms with van der Waals surface area (Å²) in [5.74, 6) is -0.0220. The van der Waals surface area contributed by atoms with E-state index in [9.17, 15) is 14.7 Å². The molecule has 4 nitrogen and oxygen atoms in total. The fourth-order valence-electron chi connectivity index (χ4n) is 4.16. The molecule has 1 spiro atoms. The van der Waals surface area contributed by atoms with Gasteiger partial charge in [-0.25, -0.2) is 0 Å². The van der Waals surface area contributed by atoms with E-state index in [1.807, 2.05) is 13.8 Å². The number of piperidine rings is 1. The molecule has 0 aromatic rings. The Balaban J connectivity index is 1.78. The van der Waals surface area contributed by atoms with Gasteiger partial charge in [0, 0.05) is 24.3 Å². The number of rotatable bonds is 1. The van der Waals surface area contributed by atoms with Crippen molar-refractivity contribution < 1.29 is 14.7 Å². The van der Waals surface area contributed by atoms with Gasteiger partial charge in [-0.1, -0.05) is 26.7 Å². The summed E-state index contributed by atoms with van der Waals surface area (Å²) < 4.78 is 0. The van der Waals surface area contributed by atoms with Gasteiger partial charge in [-0.2, -0.15) is 0 Å². The second-order valence-corrected chi connectivity index (χ2v) is 7.31. The van der Waals surface area contributed by atoms with E-state index < -0.39 is 6.10 Å². The van der Waals surface area contributed by atoms with Crippen molar-refractivity contribution in [3.8, 4) is 0 Å². The maximum absolute atomic E-state index is 12.4. The van der Waals surface area contributed by atoms with E-state index in [0.29, 0.717) is 19.3 Å². The van der Waals surface area contributed by atoms with Gasteiger partial charge in [0.1, 0.15) is 0 Å². The molecule has 1 saturated heterocycles. The molecule has 1 heterocycles. The first-order chi connectivity index (χ1) is 8.86. The van der Waals surface area contributed by atoms with Gasteiger partial charge < -0.3 is 5.11 Å². The van der Waals surface area contributed by atoms with E-state index >= 15 is 0 Å². The summed E-state index contributed by atoms with van der Waals surface area (Å²) in [6, 6.07) is -0.110. The summed E-state index contributed by atoms with van der Waals surface area (Å²) >= 11 is 0. The fourth-order valence-corrected chi connectivity index (χ4v) is 4.16. The lowest BCUT2D eigenvalue weighted by atomic mass is 9.63. The molecule has 4 heteroatoms. The van der Waals surface area contributed by atoms with Crippen LogP contribution in [0.4, 0.5) is 0 Å². The molecule has 106 valence electrons. The first-order valence-electron chi connectivity index (χ1n) is 7.39. The van der Waals surface area contributed by atoms with Gasteiger partial charge in [0.15, 0.2) is 0 Å². The van der Waals surface area contributed by atoms with Crippen molar-refractivity contribution in [1.29, 1.82) is 0 Å². The van der Waals surface area contributed by atoms with E-state index in [0.717, 1.165) is 25.7 Å². The van der Waals surface area contributed by atoms with Gasteiger partial charge in [0.05, 0.1) is 6.10 Å². The van der Waals surface area contributed by atoms with Gasteiger partial charge in [-0.3, -0.25) is 14.5 Å². The minimum atomic E-state index is -0.402. The van der Waals surface area contributed by atoms with Gasteiger partial charge >= 0.3 is 0 Å². The third-order valence-electron chi connectivity index (χ3n) is 5.73.